The molecule has 0 radical (unpaired) electrons. The van der Waals surface area contributed by atoms with Gasteiger partial charge in [0, 0.05) is 18.5 Å². The molecule has 1 aliphatic rings. The van der Waals surface area contributed by atoms with Crippen molar-refractivity contribution < 1.29 is 13.5 Å². The third kappa shape index (κ3) is 3.90. The Balaban J connectivity index is 2.63. The van der Waals surface area contributed by atoms with Crippen molar-refractivity contribution in [3.63, 3.8) is 0 Å². The van der Waals surface area contributed by atoms with Gasteiger partial charge in [0.2, 0.25) is 10.0 Å². The summed E-state index contributed by atoms with van der Waals surface area (Å²) in [5, 5.41) is 8.84. The van der Waals surface area contributed by atoms with Gasteiger partial charge in [-0.05, 0) is 18.8 Å². The molecule has 0 heterocycles. The second-order valence-corrected chi connectivity index (χ2v) is 6.38. The molecule has 0 saturated heterocycles. The third-order valence-corrected chi connectivity index (χ3v) is 5.10. The fourth-order valence-electron chi connectivity index (χ4n) is 1.51. The first kappa shape index (κ1) is 13.2. The molecule has 0 spiro atoms. The summed E-state index contributed by atoms with van der Waals surface area (Å²) in [4.78, 5) is 0. The van der Waals surface area contributed by atoms with Gasteiger partial charge in [0.1, 0.15) is 0 Å². The van der Waals surface area contributed by atoms with E-state index >= 15 is 0 Å². The fraction of sp³-hybridized carbons (Fsp3) is 1.00. The predicted octanol–water partition coefficient (Wildman–Crippen LogP) is 0.648. The number of aliphatic hydroxyl groups excluding tert-OH is 1. The molecule has 1 N–H and O–H groups in total. The van der Waals surface area contributed by atoms with Crippen LogP contribution in [0.5, 0.6) is 0 Å². The summed E-state index contributed by atoms with van der Waals surface area (Å²) in [5.74, 6) is 0.376. The number of rotatable bonds is 7. The van der Waals surface area contributed by atoms with Gasteiger partial charge >= 0.3 is 0 Å². The quantitative estimate of drug-likeness (QED) is 0.680. The minimum atomic E-state index is -3.24. The van der Waals surface area contributed by atoms with Gasteiger partial charge in [0.15, 0.2) is 0 Å². The molecular weight excluding hydrogens is 238 g/mol. The largest absolute Gasteiger partial charge is 0.395 e. The Kier molecular flexibility index (Phi) is 4.83. The molecule has 0 aliphatic heterocycles. The number of nitrogens with zero attached hydrogens (tertiary/aromatic N) is 1. The Bertz CT molecular complexity index is 290. The summed E-state index contributed by atoms with van der Waals surface area (Å²) in [6, 6.07) is 0.115. The maximum absolute atomic E-state index is 11.9. The van der Waals surface area contributed by atoms with Crippen LogP contribution in [0.3, 0.4) is 0 Å². The highest BCUT2D eigenvalue weighted by Crippen LogP contribution is 2.29. The standard InChI is InChI=1S/C9H18ClNO3S/c1-8(6-10)7-15(13,14)11(4-5-12)9-2-3-9/h8-9,12H,2-7H2,1H3. The summed E-state index contributed by atoms with van der Waals surface area (Å²) >= 11 is 5.60. The lowest BCUT2D eigenvalue weighted by molar-refractivity contribution is 0.250. The Morgan fingerprint density at radius 2 is 2.13 bits per heavy atom. The van der Waals surface area contributed by atoms with Crippen molar-refractivity contribution >= 4 is 21.6 Å². The van der Waals surface area contributed by atoms with Crippen molar-refractivity contribution in [2.75, 3.05) is 24.8 Å². The lowest BCUT2D eigenvalue weighted by Crippen LogP contribution is -2.38. The molecule has 1 atom stereocenters. The van der Waals surface area contributed by atoms with Crippen molar-refractivity contribution in [1.82, 2.24) is 4.31 Å². The van der Waals surface area contributed by atoms with Crippen molar-refractivity contribution in [1.29, 1.82) is 0 Å². The van der Waals surface area contributed by atoms with Crippen LogP contribution in [0.4, 0.5) is 0 Å². The molecule has 1 rings (SSSR count). The Labute approximate surface area is 96.3 Å². The molecule has 15 heavy (non-hydrogen) atoms. The van der Waals surface area contributed by atoms with E-state index in [1.54, 1.807) is 0 Å². The molecule has 0 aromatic carbocycles. The number of halogens is 1. The monoisotopic (exact) mass is 255 g/mol. The normalized spacial score (nSPS) is 19.5. The van der Waals surface area contributed by atoms with E-state index in [9.17, 15) is 8.42 Å². The van der Waals surface area contributed by atoms with Crippen molar-refractivity contribution in [3.05, 3.63) is 0 Å². The van der Waals surface area contributed by atoms with E-state index in [0.717, 1.165) is 12.8 Å². The molecule has 0 bridgehead atoms. The lowest BCUT2D eigenvalue weighted by atomic mass is 10.3. The molecular formula is C9H18ClNO3S. The molecule has 0 aromatic rings. The Morgan fingerprint density at radius 3 is 2.53 bits per heavy atom. The highest BCUT2D eigenvalue weighted by atomic mass is 35.5. The second-order valence-electron chi connectivity index (χ2n) is 4.10. The van der Waals surface area contributed by atoms with Crippen molar-refractivity contribution in [2.24, 2.45) is 5.92 Å². The third-order valence-electron chi connectivity index (χ3n) is 2.39. The molecule has 1 saturated carbocycles. The van der Waals surface area contributed by atoms with E-state index in [1.165, 1.54) is 4.31 Å². The molecule has 0 amide bonds. The first-order valence-corrected chi connectivity index (χ1v) is 7.32. The second kappa shape index (κ2) is 5.48. The van der Waals surface area contributed by atoms with Crippen LogP contribution in [0.1, 0.15) is 19.8 Å². The molecule has 1 aliphatic carbocycles. The topological polar surface area (TPSA) is 57.6 Å². The van der Waals surface area contributed by atoms with Crippen LogP contribution in [0, 0.1) is 5.92 Å². The number of sulfonamides is 1. The Morgan fingerprint density at radius 1 is 1.53 bits per heavy atom. The van der Waals surface area contributed by atoms with E-state index in [1.807, 2.05) is 6.92 Å². The summed E-state index contributed by atoms with van der Waals surface area (Å²) in [7, 11) is -3.24. The van der Waals surface area contributed by atoms with Gasteiger partial charge in [-0.3, -0.25) is 0 Å². The summed E-state index contributed by atoms with van der Waals surface area (Å²) in [6.45, 7) is 1.90. The smallest absolute Gasteiger partial charge is 0.214 e. The van der Waals surface area contributed by atoms with Gasteiger partial charge in [-0.1, -0.05) is 6.92 Å². The number of hydrogen-bond acceptors (Lipinski definition) is 3. The van der Waals surface area contributed by atoms with Gasteiger partial charge < -0.3 is 5.11 Å². The van der Waals surface area contributed by atoms with E-state index < -0.39 is 10.0 Å². The molecule has 1 unspecified atom stereocenters. The van der Waals surface area contributed by atoms with Crippen LogP contribution in [0.2, 0.25) is 0 Å². The summed E-state index contributed by atoms with van der Waals surface area (Å²) in [5.41, 5.74) is 0. The average molecular weight is 256 g/mol. The van der Waals surface area contributed by atoms with Crippen LogP contribution < -0.4 is 0 Å². The highest BCUT2D eigenvalue weighted by molar-refractivity contribution is 7.89. The highest BCUT2D eigenvalue weighted by Gasteiger charge is 2.36. The van der Waals surface area contributed by atoms with Crippen molar-refractivity contribution in [2.45, 2.75) is 25.8 Å². The number of hydrogen-bond donors (Lipinski definition) is 1. The van der Waals surface area contributed by atoms with Crippen LogP contribution in [0.25, 0.3) is 0 Å². The summed E-state index contributed by atoms with van der Waals surface area (Å²) < 4.78 is 25.3. The first-order valence-electron chi connectivity index (χ1n) is 5.17. The zero-order valence-electron chi connectivity index (χ0n) is 8.89. The van der Waals surface area contributed by atoms with Gasteiger partial charge in [-0.25, -0.2) is 8.42 Å². The van der Waals surface area contributed by atoms with Crippen LogP contribution in [-0.4, -0.2) is 48.7 Å². The molecule has 1 fully saturated rings. The zero-order chi connectivity index (χ0) is 11.5. The minimum absolute atomic E-state index is 0.0448. The number of alkyl halides is 1. The summed E-state index contributed by atoms with van der Waals surface area (Å²) in [6.07, 6.45) is 1.82. The van der Waals surface area contributed by atoms with E-state index in [0.29, 0.717) is 5.88 Å². The molecule has 0 aromatic heterocycles. The molecule has 6 heteroatoms. The van der Waals surface area contributed by atoms with Gasteiger partial charge in [0.25, 0.3) is 0 Å². The Hall–Kier alpha value is 0.160. The maximum atomic E-state index is 11.9. The van der Waals surface area contributed by atoms with E-state index in [2.05, 4.69) is 0 Å². The van der Waals surface area contributed by atoms with Crippen LogP contribution in [0.15, 0.2) is 0 Å². The van der Waals surface area contributed by atoms with Gasteiger partial charge in [-0.15, -0.1) is 11.6 Å². The van der Waals surface area contributed by atoms with Crippen molar-refractivity contribution in [3.8, 4) is 0 Å². The van der Waals surface area contributed by atoms with E-state index in [-0.39, 0.29) is 30.9 Å². The molecule has 90 valence electrons. The fourth-order valence-corrected chi connectivity index (χ4v) is 3.80. The van der Waals surface area contributed by atoms with Crippen LogP contribution >= 0.6 is 11.6 Å². The van der Waals surface area contributed by atoms with Gasteiger partial charge in [-0.2, -0.15) is 4.31 Å². The average Bonchev–Trinajstić information content (AvgIpc) is 2.96. The predicted molar refractivity (Wildman–Crippen MR) is 60.5 cm³/mol. The van der Waals surface area contributed by atoms with Gasteiger partial charge in [0.05, 0.1) is 12.4 Å². The lowest BCUT2D eigenvalue weighted by Gasteiger charge is -2.22. The SMILES string of the molecule is CC(CCl)CS(=O)(=O)N(CCO)C1CC1. The zero-order valence-corrected chi connectivity index (χ0v) is 10.5. The first-order chi connectivity index (χ1) is 7.01. The van der Waals surface area contributed by atoms with E-state index in [4.69, 9.17) is 16.7 Å². The number of aliphatic hydroxyl groups is 1. The maximum Gasteiger partial charge on any atom is 0.214 e. The minimum Gasteiger partial charge on any atom is -0.395 e. The molecule has 4 nitrogen and oxygen atoms in total. The van der Waals surface area contributed by atoms with Crippen LogP contribution in [-0.2, 0) is 10.0 Å².